The van der Waals surface area contributed by atoms with Crippen LogP contribution in [0, 0.1) is 13.8 Å². The second-order valence-corrected chi connectivity index (χ2v) is 6.05. The Morgan fingerprint density at radius 2 is 2.04 bits per heavy atom. The molecule has 0 bridgehead atoms. The highest BCUT2D eigenvalue weighted by Gasteiger charge is 2.30. The summed E-state index contributed by atoms with van der Waals surface area (Å²) in [5.41, 5.74) is 4.54. The van der Waals surface area contributed by atoms with Crippen molar-refractivity contribution in [1.82, 2.24) is 4.98 Å². The van der Waals surface area contributed by atoms with Gasteiger partial charge in [-0.2, -0.15) is 0 Å². The van der Waals surface area contributed by atoms with Crippen LogP contribution in [0.2, 0.25) is 0 Å². The van der Waals surface area contributed by atoms with Crippen LogP contribution in [-0.2, 0) is 4.79 Å². The summed E-state index contributed by atoms with van der Waals surface area (Å²) in [6.07, 6.45) is 5.92. The molecule has 120 valence electrons. The third-order valence-electron chi connectivity index (χ3n) is 4.45. The van der Waals surface area contributed by atoms with Crippen molar-refractivity contribution < 1.29 is 9.90 Å². The Balaban J connectivity index is 1.76. The van der Waals surface area contributed by atoms with Crippen LogP contribution >= 0.6 is 0 Å². The molecule has 1 unspecified atom stereocenters. The van der Waals surface area contributed by atoms with E-state index < -0.39 is 0 Å². The minimum Gasteiger partial charge on any atom is -0.506 e. The third-order valence-corrected chi connectivity index (χ3v) is 4.45. The van der Waals surface area contributed by atoms with Crippen molar-refractivity contribution in [3.63, 3.8) is 0 Å². The second kappa shape index (κ2) is 5.23. The van der Waals surface area contributed by atoms with E-state index in [1.165, 1.54) is 0 Å². The van der Waals surface area contributed by atoms with E-state index in [4.69, 9.17) is 0 Å². The van der Waals surface area contributed by atoms with E-state index in [1.807, 2.05) is 42.5 Å². The number of aromatic hydroxyl groups is 1. The number of benzene rings is 1. The molecule has 2 aliphatic rings. The smallest absolute Gasteiger partial charge is 0.257 e. The predicted molar refractivity (Wildman–Crippen MR) is 94.9 cm³/mol. The first-order chi connectivity index (χ1) is 11.5. The molecule has 24 heavy (non-hydrogen) atoms. The fourth-order valence-electron chi connectivity index (χ4n) is 3.20. The zero-order valence-electron chi connectivity index (χ0n) is 13.4. The number of nitrogens with zero attached hydrogens (tertiary/aromatic N) is 1. The monoisotopic (exact) mass is 319 g/mol. The van der Waals surface area contributed by atoms with E-state index in [-0.39, 0.29) is 17.7 Å². The van der Waals surface area contributed by atoms with Crippen LogP contribution in [0.5, 0.6) is 5.75 Å². The van der Waals surface area contributed by atoms with Crippen LogP contribution in [0.3, 0.4) is 0 Å². The molecule has 3 N–H and O–H groups in total. The number of nitrogens with one attached hydrogen (secondary N) is 2. The number of aryl methyl sites for hydroxylation is 1. The highest BCUT2D eigenvalue weighted by molar-refractivity contribution is 6.31. The number of carbonyl (C=O) groups excluding carboxylic acids is 1. The molecule has 0 spiro atoms. The maximum absolute atomic E-state index is 12.4. The molecule has 2 aliphatic heterocycles. The van der Waals surface area contributed by atoms with Gasteiger partial charge in [-0.15, -0.1) is 0 Å². The van der Waals surface area contributed by atoms with E-state index in [1.54, 1.807) is 13.8 Å². The number of hydrogen-bond donors (Lipinski definition) is 3. The van der Waals surface area contributed by atoms with Crippen molar-refractivity contribution >= 4 is 29.1 Å². The summed E-state index contributed by atoms with van der Waals surface area (Å²) in [4.78, 5) is 16.7. The van der Waals surface area contributed by atoms with Crippen LogP contribution in [0.4, 0.5) is 11.5 Å². The molecule has 1 atom stereocenters. The fourth-order valence-corrected chi connectivity index (χ4v) is 3.20. The van der Waals surface area contributed by atoms with Gasteiger partial charge in [0.1, 0.15) is 11.6 Å². The van der Waals surface area contributed by atoms with Crippen LogP contribution in [0.15, 0.2) is 36.4 Å². The van der Waals surface area contributed by atoms with Gasteiger partial charge in [0.05, 0.1) is 11.7 Å². The molecular weight excluding hydrogens is 302 g/mol. The standard InChI is InChI=1S/C19H17N3O2/c1-10-16-14(19(24)22-18(16)20-11(2)17(10)23)9-13-8-7-12-5-3-4-6-15(12)21-13/h3-9,13,21,23H,1-2H3,(H,20,22,24)/b14-9-. The highest BCUT2D eigenvalue weighted by atomic mass is 16.3. The average Bonchev–Trinajstić information content (AvgIpc) is 2.88. The molecular formula is C19H17N3O2. The van der Waals surface area contributed by atoms with Crippen molar-refractivity contribution in [2.75, 3.05) is 10.6 Å². The molecule has 0 aliphatic carbocycles. The van der Waals surface area contributed by atoms with Gasteiger partial charge in [0, 0.05) is 22.4 Å². The quantitative estimate of drug-likeness (QED) is 0.705. The van der Waals surface area contributed by atoms with Gasteiger partial charge in [0.2, 0.25) is 0 Å². The topological polar surface area (TPSA) is 74.2 Å². The molecule has 1 aromatic heterocycles. The molecule has 0 fully saturated rings. The van der Waals surface area contributed by atoms with E-state index in [2.05, 4.69) is 15.6 Å². The van der Waals surface area contributed by atoms with Gasteiger partial charge in [0.25, 0.3) is 5.91 Å². The summed E-state index contributed by atoms with van der Waals surface area (Å²) in [6, 6.07) is 7.91. The minimum absolute atomic E-state index is 0.102. The van der Waals surface area contributed by atoms with Crippen LogP contribution in [0.25, 0.3) is 11.6 Å². The maximum Gasteiger partial charge on any atom is 0.257 e. The second-order valence-electron chi connectivity index (χ2n) is 6.05. The Hall–Kier alpha value is -3.08. The van der Waals surface area contributed by atoms with Gasteiger partial charge in [-0.05, 0) is 31.6 Å². The normalized spacial score (nSPS) is 19.7. The summed E-state index contributed by atoms with van der Waals surface area (Å²) >= 11 is 0. The van der Waals surface area contributed by atoms with E-state index in [0.717, 1.165) is 11.3 Å². The van der Waals surface area contributed by atoms with Crippen molar-refractivity contribution in [2.45, 2.75) is 19.9 Å². The van der Waals surface area contributed by atoms with Crippen LogP contribution in [-0.4, -0.2) is 22.0 Å². The molecule has 0 saturated carbocycles. The number of anilines is 2. The zero-order chi connectivity index (χ0) is 16.8. The van der Waals surface area contributed by atoms with E-state index in [9.17, 15) is 9.90 Å². The Morgan fingerprint density at radius 3 is 2.88 bits per heavy atom. The lowest BCUT2D eigenvalue weighted by atomic mass is 9.98. The predicted octanol–water partition coefficient (Wildman–Crippen LogP) is 3.25. The molecule has 2 aromatic rings. The molecule has 3 heterocycles. The molecule has 0 saturated heterocycles. The zero-order valence-corrected chi connectivity index (χ0v) is 13.4. The number of aromatic nitrogens is 1. The molecule has 1 aromatic carbocycles. The lowest BCUT2D eigenvalue weighted by Gasteiger charge is -2.20. The van der Waals surface area contributed by atoms with Crippen LogP contribution in [0.1, 0.15) is 22.4 Å². The fraction of sp³-hybridized carbons (Fsp3) is 0.158. The van der Waals surface area contributed by atoms with Gasteiger partial charge < -0.3 is 15.7 Å². The molecule has 0 radical (unpaired) electrons. The Bertz CT molecular complexity index is 928. The number of hydrogen-bond acceptors (Lipinski definition) is 4. The lowest BCUT2D eigenvalue weighted by molar-refractivity contribution is -0.110. The average molecular weight is 319 g/mol. The number of carbonyl (C=O) groups is 1. The van der Waals surface area contributed by atoms with Gasteiger partial charge in [-0.1, -0.05) is 30.4 Å². The third kappa shape index (κ3) is 2.17. The minimum atomic E-state index is -0.195. The largest absolute Gasteiger partial charge is 0.506 e. The summed E-state index contributed by atoms with van der Waals surface area (Å²) in [6.45, 7) is 3.52. The summed E-state index contributed by atoms with van der Waals surface area (Å²) < 4.78 is 0. The van der Waals surface area contributed by atoms with Gasteiger partial charge in [-0.3, -0.25) is 4.79 Å². The van der Waals surface area contributed by atoms with Gasteiger partial charge >= 0.3 is 0 Å². The van der Waals surface area contributed by atoms with Gasteiger partial charge in [-0.25, -0.2) is 4.98 Å². The summed E-state index contributed by atoms with van der Waals surface area (Å²) in [5, 5.41) is 16.3. The van der Waals surface area contributed by atoms with Crippen molar-refractivity contribution in [3.8, 4) is 5.75 Å². The number of rotatable bonds is 1. The molecule has 5 heteroatoms. The first kappa shape index (κ1) is 14.5. The SMILES string of the molecule is Cc1nc2c(c(C)c1O)/C(=C/C1C=Cc3ccccc3N1)C(=O)N2. The lowest BCUT2D eigenvalue weighted by Crippen LogP contribution is -2.19. The maximum atomic E-state index is 12.4. The number of amides is 1. The Labute approximate surface area is 139 Å². The van der Waals surface area contributed by atoms with Gasteiger partial charge in [0.15, 0.2) is 0 Å². The van der Waals surface area contributed by atoms with E-state index in [0.29, 0.717) is 28.2 Å². The molecule has 4 rings (SSSR count). The number of fused-ring (bicyclic) bond motifs is 2. The highest BCUT2D eigenvalue weighted by Crippen LogP contribution is 2.38. The first-order valence-corrected chi connectivity index (χ1v) is 7.82. The van der Waals surface area contributed by atoms with E-state index >= 15 is 0 Å². The Kier molecular flexibility index (Phi) is 3.16. The van der Waals surface area contributed by atoms with Crippen LogP contribution < -0.4 is 10.6 Å². The van der Waals surface area contributed by atoms with Crippen molar-refractivity contribution in [1.29, 1.82) is 0 Å². The Morgan fingerprint density at radius 1 is 1.25 bits per heavy atom. The number of pyridine rings is 1. The first-order valence-electron chi connectivity index (χ1n) is 7.82. The number of para-hydroxylation sites is 1. The summed E-state index contributed by atoms with van der Waals surface area (Å²) in [5.74, 6) is 0.451. The molecule has 5 nitrogen and oxygen atoms in total. The van der Waals surface area contributed by atoms with Crippen molar-refractivity contribution in [2.24, 2.45) is 0 Å². The molecule has 1 amide bonds. The van der Waals surface area contributed by atoms with Crippen molar-refractivity contribution in [3.05, 3.63) is 58.8 Å². The summed E-state index contributed by atoms with van der Waals surface area (Å²) in [7, 11) is 0.